The molecule has 3 N–H and O–H groups in total. The molecule has 5 nitrogen and oxygen atoms in total. The van der Waals surface area contributed by atoms with Crippen molar-refractivity contribution in [3.8, 4) is 0 Å². The molecular weight excluding hydrogens is 354 g/mol. The highest BCUT2D eigenvalue weighted by atomic mass is 79.9. The number of carbonyl (C=O) groups is 2. The van der Waals surface area contributed by atoms with Crippen LogP contribution in [-0.4, -0.2) is 37.5 Å². The first-order chi connectivity index (χ1) is 10.1. The van der Waals surface area contributed by atoms with Crippen molar-refractivity contribution in [1.82, 2.24) is 16.0 Å². The van der Waals surface area contributed by atoms with E-state index < -0.39 is 6.04 Å². The molecule has 1 aliphatic rings. The van der Waals surface area contributed by atoms with Crippen LogP contribution in [0.3, 0.4) is 0 Å². The van der Waals surface area contributed by atoms with E-state index in [9.17, 15) is 9.59 Å². The van der Waals surface area contributed by atoms with Gasteiger partial charge in [0.25, 0.3) is 5.91 Å². The third-order valence-corrected chi connectivity index (χ3v) is 4.81. The van der Waals surface area contributed by atoms with Gasteiger partial charge in [0, 0.05) is 13.1 Å². The van der Waals surface area contributed by atoms with Gasteiger partial charge < -0.3 is 16.0 Å². The number of hydrogen-bond donors (Lipinski definition) is 3. The van der Waals surface area contributed by atoms with Gasteiger partial charge in [-0.2, -0.15) is 0 Å². The standard InChI is InChI=1S/C14H18BrN3O2S/c1-9(18-14(20)11-2-3-12(15)21-11)13(19)17-8-10-4-6-16-7-5-10/h2-4,9,16H,5-8H2,1H3,(H,17,19)(H,18,20). The van der Waals surface area contributed by atoms with E-state index in [1.165, 1.54) is 16.9 Å². The predicted octanol–water partition coefficient (Wildman–Crippen LogP) is 1.66. The molecule has 1 aromatic heterocycles. The maximum Gasteiger partial charge on any atom is 0.262 e. The van der Waals surface area contributed by atoms with Crippen LogP contribution < -0.4 is 16.0 Å². The van der Waals surface area contributed by atoms with Gasteiger partial charge in [-0.1, -0.05) is 11.6 Å². The summed E-state index contributed by atoms with van der Waals surface area (Å²) in [6, 6.07) is 2.99. The third kappa shape index (κ3) is 4.94. The number of thiophene rings is 1. The van der Waals surface area contributed by atoms with Crippen LogP contribution in [0.25, 0.3) is 0 Å². The SMILES string of the molecule is CC(NC(=O)c1ccc(Br)s1)C(=O)NCC1=CCNCC1. The average Bonchev–Trinajstić information content (AvgIpc) is 2.92. The lowest BCUT2D eigenvalue weighted by Crippen LogP contribution is -2.45. The second-order valence-corrected chi connectivity index (χ2v) is 7.30. The fraction of sp³-hybridized carbons (Fsp3) is 0.429. The molecule has 0 fully saturated rings. The summed E-state index contributed by atoms with van der Waals surface area (Å²) >= 11 is 4.65. The van der Waals surface area contributed by atoms with Gasteiger partial charge in [-0.25, -0.2) is 0 Å². The summed E-state index contributed by atoms with van der Waals surface area (Å²) in [5.74, 6) is -0.396. The van der Waals surface area contributed by atoms with E-state index in [1.54, 1.807) is 13.0 Å². The highest BCUT2D eigenvalue weighted by molar-refractivity contribution is 9.11. The second-order valence-electron chi connectivity index (χ2n) is 4.83. The van der Waals surface area contributed by atoms with Crippen LogP contribution in [0.2, 0.25) is 0 Å². The fourth-order valence-electron chi connectivity index (χ4n) is 1.95. The minimum atomic E-state index is -0.555. The normalized spacial score (nSPS) is 16.0. The van der Waals surface area contributed by atoms with Crippen LogP contribution in [0.1, 0.15) is 23.0 Å². The molecule has 2 rings (SSSR count). The van der Waals surface area contributed by atoms with Crippen molar-refractivity contribution in [2.24, 2.45) is 0 Å². The van der Waals surface area contributed by atoms with Crippen molar-refractivity contribution in [3.05, 3.63) is 32.4 Å². The van der Waals surface area contributed by atoms with E-state index in [0.29, 0.717) is 11.4 Å². The van der Waals surface area contributed by atoms with Gasteiger partial charge in [-0.3, -0.25) is 9.59 Å². The molecule has 2 amide bonds. The van der Waals surface area contributed by atoms with Crippen molar-refractivity contribution < 1.29 is 9.59 Å². The Morgan fingerprint density at radius 2 is 2.29 bits per heavy atom. The van der Waals surface area contributed by atoms with Crippen molar-refractivity contribution in [2.45, 2.75) is 19.4 Å². The second kappa shape index (κ2) is 7.72. The number of nitrogens with one attached hydrogen (secondary N) is 3. The lowest BCUT2D eigenvalue weighted by Gasteiger charge is -2.17. The molecule has 0 bridgehead atoms. The van der Waals surface area contributed by atoms with E-state index in [1.807, 2.05) is 6.07 Å². The smallest absolute Gasteiger partial charge is 0.262 e. The van der Waals surface area contributed by atoms with Crippen LogP contribution in [0.15, 0.2) is 27.6 Å². The Morgan fingerprint density at radius 3 is 2.90 bits per heavy atom. The van der Waals surface area contributed by atoms with E-state index in [4.69, 9.17) is 0 Å². The zero-order valence-electron chi connectivity index (χ0n) is 11.7. The molecule has 2 heterocycles. The van der Waals surface area contributed by atoms with Gasteiger partial charge in [-0.05, 0) is 48.0 Å². The van der Waals surface area contributed by atoms with Crippen LogP contribution in [0, 0.1) is 0 Å². The largest absolute Gasteiger partial charge is 0.351 e. The summed E-state index contributed by atoms with van der Waals surface area (Å²) in [6.45, 7) is 4.03. The number of rotatable bonds is 5. The maximum absolute atomic E-state index is 12.0. The summed E-state index contributed by atoms with van der Waals surface area (Å²) in [7, 11) is 0. The van der Waals surface area contributed by atoms with E-state index >= 15 is 0 Å². The lowest BCUT2D eigenvalue weighted by atomic mass is 10.1. The number of halogens is 1. The summed E-state index contributed by atoms with van der Waals surface area (Å²) in [5, 5.41) is 8.78. The van der Waals surface area contributed by atoms with Crippen LogP contribution in [0.5, 0.6) is 0 Å². The summed E-state index contributed by atoms with van der Waals surface area (Å²) < 4.78 is 0.891. The summed E-state index contributed by atoms with van der Waals surface area (Å²) in [6.07, 6.45) is 3.04. The Bertz CT molecular complexity index is 556. The number of carbonyl (C=O) groups excluding carboxylic acids is 2. The van der Waals surface area contributed by atoms with Gasteiger partial charge in [0.05, 0.1) is 8.66 Å². The molecule has 21 heavy (non-hydrogen) atoms. The van der Waals surface area contributed by atoms with E-state index in [-0.39, 0.29) is 11.8 Å². The van der Waals surface area contributed by atoms with Gasteiger partial charge in [0.15, 0.2) is 0 Å². The molecule has 0 aromatic carbocycles. The quantitative estimate of drug-likeness (QED) is 0.689. The van der Waals surface area contributed by atoms with Crippen LogP contribution in [0.4, 0.5) is 0 Å². The molecular formula is C14H18BrN3O2S. The molecule has 0 saturated heterocycles. The minimum absolute atomic E-state index is 0.168. The van der Waals surface area contributed by atoms with E-state index in [0.717, 1.165) is 23.3 Å². The molecule has 0 aliphatic carbocycles. The van der Waals surface area contributed by atoms with Gasteiger partial charge in [-0.15, -0.1) is 11.3 Å². The topological polar surface area (TPSA) is 70.2 Å². The Labute approximate surface area is 136 Å². The van der Waals surface area contributed by atoms with Crippen molar-refractivity contribution in [2.75, 3.05) is 19.6 Å². The monoisotopic (exact) mass is 371 g/mol. The Kier molecular flexibility index (Phi) is 5.96. The predicted molar refractivity (Wildman–Crippen MR) is 87.5 cm³/mol. The molecule has 114 valence electrons. The molecule has 1 atom stereocenters. The highest BCUT2D eigenvalue weighted by Gasteiger charge is 2.17. The fourth-order valence-corrected chi connectivity index (χ4v) is 3.24. The first kappa shape index (κ1) is 16.2. The van der Waals surface area contributed by atoms with Gasteiger partial charge >= 0.3 is 0 Å². The zero-order valence-corrected chi connectivity index (χ0v) is 14.1. The lowest BCUT2D eigenvalue weighted by molar-refractivity contribution is -0.122. The number of hydrogen-bond acceptors (Lipinski definition) is 4. The molecule has 0 spiro atoms. The summed E-state index contributed by atoms with van der Waals surface area (Å²) in [4.78, 5) is 24.5. The third-order valence-electron chi connectivity index (χ3n) is 3.19. The van der Waals surface area contributed by atoms with Crippen molar-refractivity contribution in [1.29, 1.82) is 0 Å². The first-order valence-corrected chi connectivity index (χ1v) is 8.40. The molecule has 7 heteroatoms. The zero-order chi connectivity index (χ0) is 15.2. The van der Waals surface area contributed by atoms with Gasteiger partial charge in [0.2, 0.25) is 5.91 Å². The summed E-state index contributed by atoms with van der Waals surface area (Å²) in [5.41, 5.74) is 1.22. The molecule has 0 saturated carbocycles. The molecule has 1 aromatic rings. The van der Waals surface area contributed by atoms with Crippen molar-refractivity contribution >= 4 is 39.1 Å². The van der Waals surface area contributed by atoms with E-state index in [2.05, 4.69) is 38.0 Å². The molecule has 0 radical (unpaired) electrons. The Balaban J connectivity index is 1.79. The Morgan fingerprint density at radius 1 is 1.48 bits per heavy atom. The molecule has 1 aliphatic heterocycles. The minimum Gasteiger partial charge on any atom is -0.351 e. The first-order valence-electron chi connectivity index (χ1n) is 6.79. The highest BCUT2D eigenvalue weighted by Crippen LogP contribution is 2.21. The van der Waals surface area contributed by atoms with Gasteiger partial charge in [0.1, 0.15) is 6.04 Å². The molecule has 1 unspecified atom stereocenters. The number of amides is 2. The maximum atomic E-state index is 12.0. The Hall–Kier alpha value is -1.18. The van der Waals surface area contributed by atoms with Crippen LogP contribution >= 0.6 is 27.3 Å². The van der Waals surface area contributed by atoms with Crippen molar-refractivity contribution in [3.63, 3.8) is 0 Å². The average molecular weight is 372 g/mol. The van der Waals surface area contributed by atoms with Crippen LogP contribution in [-0.2, 0) is 4.79 Å².